The third-order valence-corrected chi connectivity index (χ3v) is 5.18. The van der Waals surface area contributed by atoms with E-state index in [2.05, 4.69) is 36.1 Å². The van der Waals surface area contributed by atoms with Crippen LogP contribution in [0.4, 0.5) is 0 Å². The lowest BCUT2D eigenvalue weighted by atomic mass is 10.1. The number of piperazine rings is 1. The summed E-state index contributed by atoms with van der Waals surface area (Å²) in [6.45, 7) is 5.51. The molecule has 2 rings (SSSR count). The van der Waals surface area contributed by atoms with Gasteiger partial charge in [0.1, 0.15) is 9.84 Å². The van der Waals surface area contributed by atoms with Crippen LogP contribution < -0.4 is 0 Å². The molecule has 23 heavy (non-hydrogen) atoms. The lowest BCUT2D eigenvalue weighted by Gasteiger charge is -2.34. The van der Waals surface area contributed by atoms with Gasteiger partial charge in [-0.15, -0.1) is 0 Å². The van der Waals surface area contributed by atoms with E-state index >= 15 is 0 Å². The molecule has 1 aliphatic heterocycles. The summed E-state index contributed by atoms with van der Waals surface area (Å²) < 4.78 is 22.4. The van der Waals surface area contributed by atoms with Crippen LogP contribution in [0.2, 0.25) is 0 Å². The molecule has 128 valence electrons. The summed E-state index contributed by atoms with van der Waals surface area (Å²) in [6.07, 6.45) is 2.57. The summed E-state index contributed by atoms with van der Waals surface area (Å²) >= 11 is 0. The highest BCUT2D eigenvalue weighted by Crippen LogP contribution is 2.09. The first-order valence-electron chi connectivity index (χ1n) is 8.07. The Morgan fingerprint density at radius 3 is 2.26 bits per heavy atom. The molecule has 1 heterocycles. The lowest BCUT2D eigenvalue weighted by molar-refractivity contribution is -0.132. The van der Waals surface area contributed by atoms with Gasteiger partial charge in [0.2, 0.25) is 5.91 Å². The van der Waals surface area contributed by atoms with Gasteiger partial charge in [0.25, 0.3) is 0 Å². The largest absolute Gasteiger partial charge is 0.340 e. The SMILES string of the molecule is Cc1ccc(CCC(=O)N2CCN(CCS(C)(=O)=O)CC2)cc1. The van der Waals surface area contributed by atoms with Crippen molar-refractivity contribution in [2.45, 2.75) is 19.8 Å². The summed E-state index contributed by atoms with van der Waals surface area (Å²) in [7, 11) is -2.92. The van der Waals surface area contributed by atoms with Gasteiger partial charge in [-0.25, -0.2) is 8.42 Å². The second kappa shape index (κ2) is 7.93. The van der Waals surface area contributed by atoms with Gasteiger partial charge in [-0.3, -0.25) is 9.69 Å². The third kappa shape index (κ3) is 6.31. The number of rotatable bonds is 6. The fourth-order valence-electron chi connectivity index (χ4n) is 2.68. The minimum atomic E-state index is -2.92. The average molecular weight is 338 g/mol. The number of amides is 1. The molecule has 1 aromatic carbocycles. The average Bonchev–Trinajstić information content (AvgIpc) is 2.52. The smallest absolute Gasteiger partial charge is 0.222 e. The Morgan fingerprint density at radius 2 is 1.70 bits per heavy atom. The van der Waals surface area contributed by atoms with E-state index in [4.69, 9.17) is 0 Å². The van der Waals surface area contributed by atoms with E-state index in [-0.39, 0.29) is 11.7 Å². The second-order valence-corrected chi connectivity index (χ2v) is 8.60. The van der Waals surface area contributed by atoms with Gasteiger partial charge in [0.15, 0.2) is 0 Å². The quantitative estimate of drug-likeness (QED) is 0.780. The number of carbonyl (C=O) groups excluding carboxylic acids is 1. The molecule has 0 saturated carbocycles. The zero-order valence-corrected chi connectivity index (χ0v) is 14.8. The molecule has 1 aromatic rings. The summed E-state index contributed by atoms with van der Waals surface area (Å²) in [6, 6.07) is 8.29. The van der Waals surface area contributed by atoms with Crippen LogP contribution in [0.15, 0.2) is 24.3 Å². The monoisotopic (exact) mass is 338 g/mol. The van der Waals surface area contributed by atoms with Gasteiger partial charge in [0, 0.05) is 45.4 Å². The van der Waals surface area contributed by atoms with Crippen LogP contribution in [0.5, 0.6) is 0 Å². The van der Waals surface area contributed by atoms with Gasteiger partial charge in [-0.2, -0.15) is 0 Å². The van der Waals surface area contributed by atoms with Gasteiger partial charge in [-0.05, 0) is 18.9 Å². The van der Waals surface area contributed by atoms with Crippen LogP contribution in [-0.2, 0) is 21.1 Å². The van der Waals surface area contributed by atoms with Crippen molar-refractivity contribution in [1.82, 2.24) is 9.80 Å². The van der Waals surface area contributed by atoms with Gasteiger partial charge >= 0.3 is 0 Å². The van der Waals surface area contributed by atoms with E-state index in [0.717, 1.165) is 19.5 Å². The van der Waals surface area contributed by atoms with Crippen LogP contribution >= 0.6 is 0 Å². The van der Waals surface area contributed by atoms with Gasteiger partial charge in [-0.1, -0.05) is 29.8 Å². The van der Waals surface area contributed by atoms with E-state index in [1.54, 1.807) is 0 Å². The highest BCUT2D eigenvalue weighted by Gasteiger charge is 2.21. The Morgan fingerprint density at radius 1 is 1.09 bits per heavy atom. The van der Waals surface area contributed by atoms with Gasteiger partial charge < -0.3 is 4.90 Å². The third-order valence-electron chi connectivity index (χ3n) is 4.25. The maximum absolute atomic E-state index is 12.3. The fourth-order valence-corrected chi connectivity index (χ4v) is 3.27. The second-order valence-electron chi connectivity index (χ2n) is 6.34. The molecular weight excluding hydrogens is 312 g/mol. The van der Waals surface area contributed by atoms with E-state index in [0.29, 0.717) is 26.1 Å². The van der Waals surface area contributed by atoms with Gasteiger partial charge in [0.05, 0.1) is 5.75 Å². The predicted octanol–water partition coefficient (Wildman–Crippen LogP) is 1.12. The molecule has 0 bridgehead atoms. The number of carbonyl (C=O) groups is 1. The van der Waals surface area contributed by atoms with Crippen molar-refractivity contribution in [3.8, 4) is 0 Å². The Kier molecular flexibility index (Phi) is 6.18. The molecule has 0 N–H and O–H groups in total. The van der Waals surface area contributed by atoms with E-state index in [1.165, 1.54) is 17.4 Å². The summed E-state index contributed by atoms with van der Waals surface area (Å²) in [5.41, 5.74) is 2.42. The van der Waals surface area contributed by atoms with Crippen LogP contribution in [-0.4, -0.2) is 68.9 Å². The standard InChI is InChI=1S/C17H26N2O3S/c1-15-3-5-16(6-4-15)7-8-17(20)19-11-9-18(10-12-19)13-14-23(2,21)22/h3-6H,7-14H2,1-2H3. The molecule has 0 atom stereocenters. The van der Waals surface area contributed by atoms with Crippen molar-refractivity contribution >= 4 is 15.7 Å². The Bertz CT molecular complexity index is 618. The summed E-state index contributed by atoms with van der Waals surface area (Å²) in [5, 5.41) is 0. The number of aryl methyl sites for hydroxylation is 2. The summed E-state index contributed by atoms with van der Waals surface area (Å²) in [5.74, 6) is 0.377. The molecule has 0 unspecified atom stereocenters. The Balaban J connectivity index is 1.72. The molecule has 1 aliphatic rings. The van der Waals surface area contributed by atoms with Crippen molar-refractivity contribution < 1.29 is 13.2 Å². The first-order chi connectivity index (χ1) is 10.8. The topological polar surface area (TPSA) is 57.7 Å². The highest BCUT2D eigenvalue weighted by molar-refractivity contribution is 7.90. The van der Waals surface area contributed by atoms with Crippen molar-refractivity contribution in [3.05, 3.63) is 35.4 Å². The zero-order chi connectivity index (χ0) is 16.9. The predicted molar refractivity (Wildman–Crippen MR) is 92.2 cm³/mol. The molecule has 0 radical (unpaired) electrons. The molecule has 5 nitrogen and oxygen atoms in total. The van der Waals surface area contributed by atoms with Crippen molar-refractivity contribution in [1.29, 1.82) is 0 Å². The first kappa shape index (κ1) is 17.9. The normalized spacial score (nSPS) is 16.5. The highest BCUT2D eigenvalue weighted by atomic mass is 32.2. The van der Waals surface area contributed by atoms with Crippen molar-refractivity contribution in [3.63, 3.8) is 0 Å². The molecule has 1 saturated heterocycles. The maximum atomic E-state index is 12.3. The number of hydrogen-bond acceptors (Lipinski definition) is 4. The Labute approximate surface area is 139 Å². The fraction of sp³-hybridized carbons (Fsp3) is 0.588. The molecule has 0 aliphatic carbocycles. The van der Waals surface area contributed by atoms with E-state index in [1.807, 2.05) is 4.90 Å². The number of benzene rings is 1. The zero-order valence-electron chi connectivity index (χ0n) is 14.0. The Hall–Kier alpha value is -1.40. The molecule has 1 amide bonds. The van der Waals surface area contributed by atoms with E-state index in [9.17, 15) is 13.2 Å². The van der Waals surface area contributed by atoms with Crippen LogP contribution in [0.3, 0.4) is 0 Å². The molecule has 0 spiro atoms. The van der Waals surface area contributed by atoms with Crippen molar-refractivity contribution in [2.75, 3.05) is 44.7 Å². The minimum absolute atomic E-state index is 0.188. The minimum Gasteiger partial charge on any atom is -0.340 e. The maximum Gasteiger partial charge on any atom is 0.222 e. The molecule has 1 fully saturated rings. The number of nitrogens with zero attached hydrogens (tertiary/aromatic N) is 2. The van der Waals surface area contributed by atoms with Crippen molar-refractivity contribution in [2.24, 2.45) is 0 Å². The molecular formula is C17H26N2O3S. The van der Waals surface area contributed by atoms with Crippen LogP contribution in [0.1, 0.15) is 17.5 Å². The summed E-state index contributed by atoms with van der Waals surface area (Å²) in [4.78, 5) is 16.3. The van der Waals surface area contributed by atoms with Crippen LogP contribution in [0.25, 0.3) is 0 Å². The molecule has 6 heteroatoms. The number of sulfone groups is 1. The first-order valence-corrected chi connectivity index (χ1v) is 10.1. The van der Waals surface area contributed by atoms with E-state index < -0.39 is 9.84 Å². The van der Waals surface area contributed by atoms with Crippen LogP contribution in [0, 0.1) is 6.92 Å². The lowest BCUT2D eigenvalue weighted by Crippen LogP contribution is -2.49. The number of hydrogen-bond donors (Lipinski definition) is 0. The molecule has 0 aromatic heterocycles.